The largest absolute Gasteiger partial charge is 0.488 e. The molecular formula is C15H17BO4. The highest BCUT2D eigenvalue weighted by atomic mass is 16.6. The monoisotopic (exact) mass is 272 g/mol. The van der Waals surface area contributed by atoms with E-state index >= 15 is 0 Å². The lowest BCUT2D eigenvalue weighted by atomic mass is 9.79. The lowest BCUT2D eigenvalue weighted by Crippen LogP contribution is -2.29. The van der Waals surface area contributed by atoms with E-state index in [1.165, 1.54) is 0 Å². The van der Waals surface area contributed by atoms with Crippen LogP contribution in [0.15, 0.2) is 36.4 Å². The molecule has 2 aromatic rings. The summed E-state index contributed by atoms with van der Waals surface area (Å²) < 4.78 is 5.32. The van der Waals surface area contributed by atoms with Crippen LogP contribution in [0.5, 0.6) is 0 Å². The number of rotatable bonds is 2. The molecule has 0 atom stereocenters. The predicted molar refractivity (Wildman–Crippen MR) is 78.9 cm³/mol. The minimum atomic E-state index is -1.50. The normalized spacial score (nSPS) is 11.4. The molecule has 0 spiro atoms. The molecule has 104 valence electrons. The van der Waals surface area contributed by atoms with Crippen molar-refractivity contribution in [1.29, 1.82) is 0 Å². The molecule has 2 rings (SSSR count). The predicted octanol–water partition coefficient (Wildman–Crippen LogP) is 1.47. The first-order valence-corrected chi connectivity index (χ1v) is 6.39. The number of fused-ring (bicyclic) bond motifs is 1. The molecule has 20 heavy (non-hydrogen) atoms. The summed E-state index contributed by atoms with van der Waals surface area (Å²) in [6.07, 6.45) is 0. The molecule has 0 saturated carbocycles. The molecule has 0 amide bonds. The zero-order valence-electron chi connectivity index (χ0n) is 11.8. The molecule has 0 aromatic heterocycles. The van der Waals surface area contributed by atoms with Crippen LogP contribution in [0.1, 0.15) is 31.1 Å². The summed E-state index contributed by atoms with van der Waals surface area (Å²) in [5.41, 5.74) is 0.365. The molecule has 0 heterocycles. The van der Waals surface area contributed by atoms with Crippen molar-refractivity contribution in [2.75, 3.05) is 0 Å². The molecule has 0 bridgehead atoms. The third kappa shape index (κ3) is 3.38. The maximum Gasteiger partial charge on any atom is 0.488 e. The van der Waals surface area contributed by atoms with Crippen molar-refractivity contribution in [3.8, 4) is 0 Å². The van der Waals surface area contributed by atoms with Gasteiger partial charge in [-0.25, -0.2) is 4.79 Å². The van der Waals surface area contributed by atoms with Crippen LogP contribution in [0.3, 0.4) is 0 Å². The van der Waals surface area contributed by atoms with Gasteiger partial charge >= 0.3 is 13.1 Å². The van der Waals surface area contributed by atoms with E-state index in [-0.39, 0.29) is 5.97 Å². The third-order valence-electron chi connectivity index (χ3n) is 2.80. The van der Waals surface area contributed by atoms with Gasteiger partial charge in [-0.15, -0.1) is 0 Å². The Balaban J connectivity index is 2.35. The molecule has 0 unspecified atom stereocenters. The van der Waals surface area contributed by atoms with Crippen LogP contribution < -0.4 is 5.46 Å². The van der Waals surface area contributed by atoms with E-state index in [2.05, 4.69) is 0 Å². The average Bonchev–Trinajstić information content (AvgIpc) is 2.35. The molecule has 2 aromatic carbocycles. The quantitative estimate of drug-likeness (QED) is 0.642. The lowest BCUT2D eigenvalue weighted by Gasteiger charge is -2.19. The highest BCUT2D eigenvalue weighted by Gasteiger charge is 2.18. The van der Waals surface area contributed by atoms with Crippen molar-refractivity contribution >= 4 is 29.3 Å². The minimum Gasteiger partial charge on any atom is -0.456 e. The van der Waals surface area contributed by atoms with E-state index < -0.39 is 12.7 Å². The number of ether oxygens (including phenoxy) is 1. The molecule has 5 heteroatoms. The molecule has 0 aliphatic rings. The van der Waals surface area contributed by atoms with Gasteiger partial charge in [0.05, 0.1) is 5.56 Å². The van der Waals surface area contributed by atoms with E-state index in [4.69, 9.17) is 14.8 Å². The highest BCUT2D eigenvalue weighted by molar-refractivity contribution is 6.58. The van der Waals surface area contributed by atoms with Crippen LogP contribution in [0.4, 0.5) is 0 Å². The number of benzene rings is 2. The second kappa shape index (κ2) is 5.27. The molecule has 0 aliphatic heterocycles. The minimum absolute atomic E-state index is 0.370. The Morgan fingerprint density at radius 3 is 2.25 bits per heavy atom. The van der Waals surface area contributed by atoms with Gasteiger partial charge in [0.15, 0.2) is 0 Å². The number of carbonyl (C=O) groups is 1. The smallest absolute Gasteiger partial charge is 0.456 e. The summed E-state index contributed by atoms with van der Waals surface area (Å²) in [4.78, 5) is 12.0. The summed E-state index contributed by atoms with van der Waals surface area (Å²) in [7, 11) is -1.50. The first kappa shape index (κ1) is 14.6. The van der Waals surface area contributed by atoms with Crippen molar-refractivity contribution < 1.29 is 19.6 Å². The van der Waals surface area contributed by atoms with Crippen molar-refractivity contribution in [2.45, 2.75) is 26.4 Å². The number of esters is 1. The van der Waals surface area contributed by atoms with Gasteiger partial charge in [-0.2, -0.15) is 0 Å². The zero-order valence-corrected chi connectivity index (χ0v) is 11.8. The van der Waals surface area contributed by atoms with Gasteiger partial charge in [0.1, 0.15) is 5.60 Å². The van der Waals surface area contributed by atoms with Crippen LogP contribution in [0.25, 0.3) is 10.8 Å². The average molecular weight is 272 g/mol. The molecule has 0 fully saturated rings. The summed E-state index contributed by atoms with van der Waals surface area (Å²) in [5, 5.41) is 20.0. The number of hydrogen-bond acceptors (Lipinski definition) is 4. The Morgan fingerprint density at radius 2 is 1.65 bits per heavy atom. The van der Waals surface area contributed by atoms with E-state index in [9.17, 15) is 4.79 Å². The standard InChI is InChI=1S/C15H17BO4/c1-15(2,3)20-14(17)12-5-4-11-9-13(16(18)19)7-6-10(11)8-12/h4-9,18-19H,1-3H3. The van der Waals surface area contributed by atoms with Crippen LogP contribution in [-0.2, 0) is 4.74 Å². The Labute approximate surface area is 118 Å². The van der Waals surface area contributed by atoms with Crippen molar-refractivity contribution in [1.82, 2.24) is 0 Å². The molecule has 4 nitrogen and oxygen atoms in total. The van der Waals surface area contributed by atoms with Gasteiger partial charge in [0.2, 0.25) is 0 Å². The van der Waals surface area contributed by atoms with E-state index in [0.29, 0.717) is 11.0 Å². The zero-order chi connectivity index (χ0) is 14.9. The maximum absolute atomic E-state index is 12.0. The number of hydrogen-bond donors (Lipinski definition) is 2. The Morgan fingerprint density at radius 1 is 1.05 bits per heavy atom. The molecule has 0 radical (unpaired) electrons. The fourth-order valence-electron chi connectivity index (χ4n) is 1.89. The van der Waals surface area contributed by atoms with Gasteiger partial charge in [0.25, 0.3) is 0 Å². The summed E-state index contributed by atoms with van der Waals surface area (Å²) in [6, 6.07) is 10.2. The van der Waals surface area contributed by atoms with Crippen LogP contribution in [-0.4, -0.2) is 28.7 Å². The Kier molecular flexibility index (Phi) is 3.83. The second-order valence-corrected chi connectivity index (χ2v) is 5.70. The van der Waals surface area contributed by atoms with Crippen molar-refractivity contribution in [2.24, 2.45) is 0 Å². The van der Waals surface area contributed by atoms with E-state index in [0.717, 1.165) is 10.8 Å². The molecule has 2 N–H and O–H groups in total. The third-order valence-corrected chi connectivity index (χ3v) is 2.80. The Hall–Kier alpha value is -1.85. The summed E-state index contributed by atoms with van der Waals surface area (Å²) in [6.45, 7) is 5.46. The van der Waals surface area contributed by atoms with E-state index in [1.807, 2.05) is 20.8 Å². The SMILES string of the molecule is CC(C)(C)OC(=O)c1ccc2cc(B(O)O)ccc2c1. The molecule has 0 aliphatic carbocycles. The van der Waals surface area contributed by atoms with Crippen LogP contribution in [0, 0.1) is 0 Å². The molecule has 0 saturated heterocycles. The second-order valence-electron chi connectivity index (χ2n) is 5.70. The summed E-state index contributed by atoms with van der Waals surface area (Å²) >= 11 is 0. The van der Waals surface area contributed by atoms with Gasteiger partial charge < -0.3 is 14.8 Å². The highest BCUT2D eigenvalue weighted by Crippen LogP contribution is 2.18. The van der Waals surface area contributed by atoms with E-state index in [1.54, 1.807) is 36.4 Å². The topological polar surface area (TPSA) is 66.8 Å². The van der Waals surface area contributed by atoms with Gasteiger partial charge in [-0.1, -0.05) is 24.3 Å². The van der Waals surface area contributed by atoms with Gasteiger partial charge in [0, 0.05) is 0 Å². The number of carbonyl (C=O) groups excluding carboxylic acids is 1. The first-order valence-electron chi connectivity index (χ1n) is 6.39. The van der Waals surface area contributed by atoms with Crippen LogP contribution >= 0.6 is 0 Å². The fourth-order valence-corrected chi connectivity index (χ4v) is 1.89. The Bertz CT molecular complexity index is 644. The maximum atomic E-state index is 12.0. The molecular weight excluding hydrogens is 255 g/mol. The summed E-state index contributed by atoms with van der Waals surface area (Å²) in [5.74, 6) is -0.370. The van der Waals surface area contributed by atoms with Crippen molar-refractivity contribution in [3.05, 3.63) is 42.0 Å². The van der Waals surface area contributed by atoms with Crippen molar-refractivity contribution in [3.63, 3.8) is 0 Å². The fraction of sp³-hybridized carbons (Fsp3) is 0.267. The lowest BCUT2D eigenvalue weighted by molar-refractivity contribution is 0.00697. The van der Waals surface area contributed by atoms with Gasteiger partial charge in [-0.3, -0.25) is 0 Å². The first-order chi connectivity index (χ1) is 9.26. The van der Waals surface area contributed by atoms with Crippen LogP contribution in [0.2, 0.25) is 0 Å². The van der Waals surface area contributed by atoms with Gasteiger partial charge in [-0.05, 0) is 49.1 Å².